The van der Waals surface area contributed by atoms with E-state index in [0.29, 0.717) is 19.7 Å². The summed E-state index contributed by atoms with van der Waals surface area (Å²) in [6.45, 7) is 3.25. The van der Waals surface area contributed by atoms with Crippen molar-refractivity contribution in [1.29, 1.82) is 0 Å². The number of hydrogen-bond acceptors (Lipinski definition) is 5. The molecule has 0 bridgehead atoms. The molecule has 4 rings (SSSR count). The van der Waals surface area contributed by atoms with Gasteiger partial charge in [0.15, 0.2) is 11.2 Å². The molecule has 7 heteroatoms. The fraction of sp³-hybridized carbons (Fsp3) is 0.238. The SMILES string of the molecule is Cc1nc(N2CCOC(C(=O)O)C2)sc1-c1ccc(-c2ccc(F)cc2)cc1. The number of benzene rings is 2. The zero-order chi connectivity index (χ0) is 19.7. The van der Waals surface area contributed by atoms with Crippen molar-refractivity contribution in [1.82, 2.24) is 4.98 Å². The highest BCUT2D eigenvalue weighted by Crippen LogP contribution is 2.36. The van der Waals surface area contributed by atoms with Gasteiger partial charge in [0.2, 0.25) is 0 Å². The van der Waals surface area contributed by atoms with Crippen molar-refractivity contribution < 1.29 is 19.0 Å². The van der Waals surface area contributed by atoms with Gasteiger partial charge in [-0.3, -0.25) is 0 Å². The molecular weight excluding hydrogens is 379 g/mol. The van der Waals surface area contributed by atoms with Crippen LogP contribution in [0.1, 0.15) is 5.69 Å². The van der Waals surface area contributed by atoms with Gasteiger partial charge in [0, 0.05) is 6.54 Å². The van der Waals surface area contributed by atoms with Gasteiger partial charge in [-0.25, -0.2) is 14.2 Å². The summed E-state index contributed by atoms with van der Waals surface area (Å²) in [5.74, 6) is -1.20. The van der Waals surface area contributed by atoms with E-state index in [1.807, 2.05) is 36.1 Å². The molecule has 1 aliphatic heterocycles. The van der Waals surface area contributed by atoms with Crippen molar-refractivity contribution in [2.45, 2.75) is 13.0 Å². The number of carboxylic acid groups (broad SMARTS) is 1. The fourth-order valence-electron chi connectivity index (χ4n) is 3.21. The molecule has 3 aromatic rings. The Bertz CT molecular complexity index is 986. The van der Waals surface area contributed by atoms with E-state index in [9.17, 15) is 14.3 Å². The first-order valence-electron chi connectivity index (χ1n) is 8.94. The maximum atomic E-state index is 13.1. The number of rotatable bonds is 4. The normalized spacial score (nSPS) is 16.9. The standard InChI is InChI=1S/C21H19FN2O3S/c1-13-19(28-21(23-13)24-10-11-27-18(12-24)20(25)26)16-4-2-14(3-5-16)15-6-8-17(22)9-7-15/h2-9,18H,10-12H2,1H3,(H,25,26). The van der Waals surface area contributed by atoms with Crippen LogP contribution in [0.15, 0.2) is 48.5 Å². The molecule has 0 amide bonds. The first-order chi connectivity index (χ1) is 13.5. The molecule has 0 saturated carbocycles. The van der Waals surface area contributed by atoms with Crippen molar-refractivity contribution >= 4 is 22.4 Å². The highest BCUT2D eigenvalue weighted by molar-refractivity contribution is 7.19. The predicted octanol–water partition coefficient (Wildman–Crippen LogP) is 4.21. The second kappa shape index (κ2) is 7.69. The molecule has 28 heavy (non-hydrogen) atoms. The van der Waals surface area contributed by atoms with E-state index < -0.39 is 12.1 Å². The van der Waals surface area contributed by atoms with Crippen LogP contribution in [0.5, 0.6) is 0 Å². The van der Waals surface area contributed by atoms with Gasteiger partial charge in [0.1, 0.15) is 5.82 Å². The maximum Gasteiger partial charge on any atom is 0.334 e. The van der Waals surface area contributed by atoms with Crippen LogP contribution in [0.25, 0.3) is 21.6 Å². The number of nitrogens with zero attached hydrogens (tertiary/aromatic N) is 2. The zero-order valence-electron chi connectivity index (χ0n) is 15.3. The molecule has 1 N–H and O–H groups in total. The molecule has 0 spiro atoms. The lowest BCUT2D eigenvalue weighted by molar-refractivity contribution is -0.150. The second-order valence-electron chi connectivity index (χ2n) is 6.64. The van der Waals surface area contributed by atoms with Crippen molar-refractivity contribution in [3.8, 4) is 21.6 Å². The monoisotopic (exact) mass is 398 g/mol. The summed E-state index contributed by atoms with van der Waals surface area (Å²) in [6, 6.07) is 14.5. The quantitative estimate of drug-likeness (QED) is 0.713. The summed E-state index contributed by atoms with van der Waals surface area (Å²) in [7, 11) is 0. The fourth-order valence-corrected chi connectivity index (χ4v) is 4.32. The van der Waals surface area contributed by atoms with Crippen molar-refractivity contribution in [3.05, 3.63) is 60.0 Å². The number of aromatic nitrogens is 1. The van der Waals surface area contributed by atoms with Gasteiger partial charge in [-0.1, -0.05) is 47.7 Å². The number of aliphatic carboxylic acids is 1. The molecule has 0 radical (unpaired) electrons. The summed E-state index contributed by atoms with van der Waals surface area (Å²) in [6.07, 6.45) is -0.823. The molecule has 1 atom stereocenters. The Hall–Kier alpha value is -2.77. The maximum absolute atomic E-state index is 13.1. The molecule has 1 unspecified atom stereocenters. The van der Waals surface area contributed by atoms with Crippen molar-refractivity contribution in [3.63, 3.8) is 0 Å². The average molecular weight is 398 g/mol. The number of morpholine rings is 1. The van der Waals surface area contributed by atoms with Crippen LogP contribution < -0.4 is 4.90 Å². The average Bonchev–Trinajstić information content (AvgIpc) is 3.10. The number of ether oxygens (including phenoxy) is 1. The van der Waals surface area contributed by atoms with Gasteiger partial charge in [0.05, 0.1) is 23.7 Å². The zero-order valence-corrected chi connectivity index (χ0v) is 16.1. The Kier molecular flexibility index (Phi) is 5.11. The highest BCUT2D eigenvalue weighted by Gasteiger charge is 2.28. The molecule has 1 aliphatic rings. The van der Waals surface area contributed by atoms with Crippen molar-refractivity contribution in [2.75, 3.05) is 24.6 Å². The van der Waals surface area contributed by atoms with E-state index in [0.717, 1.165) is 32.4 Å². The van der Waals surface area contributed by atoms with Gasteiger partial charge in [-0.2, -0.15) is 0 Å². The number of halogens is 1. The van der Waals surface area contributed by atoms with E-state index >= 15 is 0 Å². The first-order valence-corrected chi connectivity index (χ1v) is 9.76. The molecule has 144 valence electrons. The van der Waals surface area contributed by atoms with E-state index in [1.54, 1.807) is 23.5 Å². The number of carbonyl (C=O) groups is 1. The summed E-state index contributed by atoms with van der Waals surface area (Å²) in [5, 5.41) is 10.00. The summed E-state index contributed by atoms with van der Waals surface area (Å²) >= 11 is 1.55. The minimum atomic E-state index is -0.949. The largest absolute Gasteiger partial charge is 0.479 e. The van der Waals surface area contributed by atoms with Gasteiger partial charge in [-0.15, -0.1) is 0 Å². The van der Waals surface area contributed by atoms with Crippen LogP contribution in [-0.4, -0.2) is 41.9 Å². The van der Waals surface area contributed by atoms with E-state index in [-0.39, 0.29) is 5.82 Å². The van der Waals surface area contributed by atoms with Crippen LogP contribution >= 0.6 is 11.3 Å². The molecule has 5 nitrogen and oxygen atoms in total. The third-order valence-electron chi connectivity index (χ3n) is 4.72. The Morgan fingerprint density at radius 3 is 2.39 bits per heavy atom. The number of carboxylic acids is 1. The molecule has 1 saturated heterocycles. The molecular formula is C21H19FN2O3S. The Morgan fingerprint density at radius 2 is 1.75 bits per heavy atom. The van der Waals surface area contributed by atoms with Crippen LogP contribution in [0.4, 0.5) is 9.52 Å². The van der Waals surface area contributed by atoms with Gasteiger partial charge >= 0.3 is 5.97 Å². The van der Waals surface area contributed by atoms with E-state index in [4.69, 9.17) is 4.74 Å². The minimum Gasteiger partial charge on any atom is -0.479 e. The Balaban J connectivity index is 1.56. The van der Waals surface area contributed by atoms with E-state index in [1.165, 1.54) is 12.1 Å². The highest BCUT2D eigenvalue weighted by atomic mass is 32.1. The predicted molar refractivity (Wildman–Crippen MR) is 107 cm³/mol. The number of thiazole rings is 1. The van der Waals surface area contributed by atoms with Crippen LogP contribution in [0.3, 0.4) is 0 Å². The Labute approximate surface area is 166 Å². The second-order valence-corrected chi connectivity index (χ2v) is 7.62. The summed E-state index contributed by atoms with van der Waals surface area (Å²) in [5.41, 5.74) is 3.94. The summed E-state index contributed by atoms with van der Waals surface area (Å²) in [4.78, 5) is 18.9. The Morgan fingerprint density at radius 1 is 1.14 bits per heavy atom. The van der Waals surface area contributed by atoms with Crippen LogP contribution in [-0.2, 0) is 9.53 Å². The molecule has 1 fully saturated rings. The lowest BCUT2D eigenvalue weighted by Crippen LogP contribution is -2.46. The number of anilines is 1. The minimum absolute atomic E-state index is 0.249. The smallest absolute Gasteiger partial charge is 0.334 e. The van der Waals surface area contributed by atoms with E-state index in [2.05, 4.69) is 4.98 Å². The van der Waals surface area contributed by atoms with Gasteiger partial charge < -0.3 is 14.7 Å². The van der Waals surface area contributed by atoms with Crippen molar-refractivity contribution in [2.24, 2.45) is 0 Å². The lowest BCUT2D eigenvalue weighted by atomic mass is 10.0. The third kappa shape index (κ3) is 3.76. The number of hydrogen-bond donors (Lipinski definition) is 1. The molecule has 2 aromatic carbocycles. The first kappa shape index (κ1) is 18.6. The molecule has 2 heterocycles. The number of aryl methyl sites for hydroxylation is 1. The summed E-state index contributed by atoms with van der Waals surface area (Å²) < 4.78 is 18.4. The topological polar surface area (TPSA) is 62.7 Å². The third-order valence-corrected chi connectivity index (χ3v) is 5.99. The lowest BCUT2D eigenvalue weighted by Gasteiger charge is -2.30. The van der Waals surface area contributed by atoms with Crippen LogP contribution in [0, 0.1) is 12.7 Å². The molecule has 1 aromatic heterocycles. The van der Waals surface area contributed by atoms with Crippen LogP contribution in [0.2, 0.25) is 0 Å². The van der Waals surface area contributed by atoms with Gasteiger partial charge in [-0.05, 0) is 35.7 Å². The molecule has 0 aliphatic carbocycles. The van der Waals surface area contributed by atoms with Gasteiger partial charge in [0.25, 0.3) is 0 Å².